The molecule has 0 saturated heterocycles. The van der Waals surface area contributed by atoms with Gasteiger partial charge in [-0.1, -0.05) is 28.6 Å². The van der Waals surface area contributed by atoms with Crippen molar-refractivity contribution in [3.8, 4) is 5.75 Å². The lowest BCUT2D eigenvalue weighted by Gasteiger charge is -2.02. The first kappa shape index (κ1) is 17.2. The topological polar surface area (TPSA) is 72.3 Å². The third kappa shape index (κ3) is 3.41. The molecule has 2 aromatic heterocycles. The summed E-state index contributed by atoms with van der Waals surface area (Å²) < 4.78 is 7.59. The Bertz CT molecular complexity index is 1220. The van der Waals surface area contributed by atoms with Crippen LogP contribution in [0.1, 0.15) is 5.56 Å². The van der Waals surface area contributed by atoms with Gasteiger partial charge in [-0.3, -0.25) is 4.79 Å². The Morgan fingerprint density at radius 1 is 1.26 bits per heavy atom. The van der Waals surface area contributed by atoms with Gasteiger partial charge in [0.2, 0.25) is 0 Å². The summed E-state index contributed by atoms with van der Waals surface area (Å²) in [6.45, 7) is 4.07. The molecule has 0 radical (unpaired) electrons. The SMILES string of the molecule is C=CCOc1ccc(/C=N/n2cnc3c([nH]c4ccc(Br)cc43)c2=O)cc1. The predicted molar refractivity (Wildman–Crippen MR) is 111 cm³/mol. The molecule has 6 nitrogen and oxygen atoms in total. The summed E-state index contributed by atoms with van der Waals surface area (Å²) in [6.07, 6.45) is 4.72. The van der Waals surface area contributed by atoms with Gasteiger partial charge < -0.3 is 9.72 Å². The van der Waals surface area contributed by atoms with Crippen molar-refractivity contribution in [2.24, 2.45) is 5.10 Å². The summed E-state index contributed by atoms with van der Waals surface area (Å²) >= 11 is 3.44. The monoisotopic (exact) mass is 422 g/mol. The van der Waals surface area contributed by atoms with Crippen LogP contribution in [0.3, 0.4) is 0 Å². The molecule has 2 heterocycles. The zero-order chi connectivity index (χ0) is 18.8. The number of hydrogen-bond donors (Lipinski definition) is 1. The predicted octanol–water partition coefficient (Wildman–Crippen LogP) is 4.09. The maximum Gasteiger partial charge on any atom is 0.298 e. The number of H-pyrrole nitrogens is 1. The summed E-state index contributed by atoms with van der Waals surface area (Å²) in [5.74, 6) is 0.747. The minimum atomic E-state index is -0.255. The van der Waals surface area contributed by atoms with Crippen LogP contribution in [0.2, 0.25) is 0 Å². The summed E-state index contributed by atoms with van der Waals surface area (Å²) in [5, 5.41) is 5.13. The fourth-order valence-corrected chi connectivity index (χ4v) is 3.10. The van der Waals surface area contributed by atoms with Crippen LogP contribution in [0, 0.1) is 0 Å². The molecular formula is C20H15BrN4O2. The largest absolute Gasteiger partial charge is 0.490 e. The molecule has 0 unspecified atom stereocenters. The third-order valence-corrected chi connectivity index (χ3v) is 4.52. The van der Waals surface area contributed by atoms with Gasteiger partial charge in [-0.05, 0) is 48.0 Å². The quantitative estimate of drug-likeness (QED) is 0.388. The molecule has 4 rings (SSSR count). The molecule has 0 saturated carbocycles. The van der Waals surface area contributed by atoms with E-state index in [1.54, 1.807) is 12.3 Å². The minimum absolute atomic E-state index is 0.255. The Kier molecular flexibility index (Phi) is 4.60. The van der Waals surface area contributed by atoms with Gasteiger partial charge in [0, 0.05) is 15.4 Å². The molecule has 7 heteroatoms. The van der Waals surface area contributed by atoms with Gasteiger partial charge >= 0.3 is 0 Å². The molecule has 0 fully saturated rings. The Labute approximate surface area is 162 Å². The van der Waals surface area contributed by atoms with Crippen LogP contribution in [0.15, 0.2) is 75.8 Å². The van der Waals surface area contributed by atoms with Crippen LogP contribution >= 0.6 is 15.9 Å². The standard InChI is InChI=1S/C20H15BrN4O2/c1-2-9-27-15-6-3-13(4-7-15)11-23-25-12-22-18-16-10-14(21)5-8-17(16)24-19(18)20(25)26/h2-8,10-12,24H,1,9H2/b23-11+. The molecule has 0 aliphatic carbocycles. The van der Waals surface area contributed by atoms with E-state index in [1.165, 1.54) is 11.0 Å². The van der Waals surface area contributed by atoms with Gasteiger partial charge in [-0.2, -0.15) is 9.78 Å². The van der Waals surface area contributed by atoms with Gasteiger partial charge in [-0.15, -0.1) is 0 Å². The lowest BCUT2D eigenvalue weighted by atomic mass is 10.2. The number of fused-ring (bicyclic) bond motifs is 3. The number of nitrogens with zero attached hydrogens (tertiary/aromatic N) is 3. The Balaban J connectivity index is 1.66. The summed E-state index contributed by atoms with van der Waals surface area (Å²) in [5.41, 5.74) is 2.50. The van der Waals surface area contributed by atoms with E-state index in [4.69, 9.17) is 4.74 Å². The molecule has 1 N–H and O–H groups in total. The second-order valence-corrected chi connectivity index (χ2v) is 6.76. The minimum Gasteiger partial charge on any atom is -0.490 e. The van der Waals surface area contributed by atoms with Gasteiger partial charge in [0.15, 0.2) is 0 Å². The fourth-order valence-electron chi connectivity index (χ4n) is 2.73. The Morgan fingerprint density at radius 2 is 2.07 bits per heavy atom. The van der Waals surface area contributed by atoms with Crippen molar-refractivity contribution >= 4 is 44.1 Å². The average Bonchev–Trinajstić information content (AvgIpc) is 3.05. The van der Waals surface area contributed by atoms with Crippen molar-refractivity contribution in [1.29, 1.82) is 0 Å². The molecule has 0 spiro atoms. The molecule has 27 heavy (non-hydrogen) atoms. The number of ether oxygens (including phenoxy) is 1. The van der Waals surface area contributed by atoms with E-state index in [0.717, 1.165) is 26.7 Å². The van der Waals surface area contributed by atoms with Gasteiger partial charge in [0.05, 0.1) is 6.21 Å². The second kappa shape index (κ2) is 7.20. The number of aromatic amines is 1. The normalized spacial score (nSPS) is 11.4. The molecule has 0 bridgehead atoms. The zero-order valence-corrected chi connectivity index (χ0v) is 15.8. The fraction of sp³-hybridized carbons (Fsp3) is 0.0500. The highest BCUT2D eigenvalue weighted by atomic mass is 79.9. The van der Waals surface area contributed by atoms with Crippen LogP contribution in [0.4, 0.5) is 0 Å². The van der Waals surface area contributed by atoms with Gasteiger partial charge in [0.1, 0.15) is 29.7 Å². The molecular weight excluding hydrogens is 408 g/mol. The van der Waals surface area contributed by atoms with Crippen molar-refractivity contribution in [2.75, 3.05) is 6.61 Å². The van der Waals surface area contributed by atoms with Crippen molar-refractivity contribution in [3.05, 3.63) is 81.8 Å². The zero-order valence-electron chi connectivity index (χ0n) is 14.2. The highest BCUT2D eigenvalue weighted by Crippen LogP contribution is 2.24. The molecule has 0 atom stereocenters. The Morgan fingerprint density at radius 3 is 2.85 bits per heavy atom. The van der Waals surface area contributed by atoms with E-state index in [1.807, 2.05) is 42.5 Å². The van der Waals surface area contributed by atoms with Crippen LogP contribution in [0.5, 0.6) is 5.75 Å². The summed E-state index contributed by atoms with van der Waals surface area (Å²) in [4.78, 5) is 20.2. The van der Waals surface area contributed by atoms with Crippen molar-refractivity contribution in [1.82, 2.24) is 14.6 Å². The molecule has 4 aromatic rings. The number of halogens is 1. The van der Waals surface area contributed by atoms with Gasteiger partial charge in [-0.25, -0.2) is 4.98 Å². The van der Waals surface area contributed by atoms with E-state index in [0.29, 0.717) is 17.6 Å². The highest BCUT2D eigenvalue weighted by molar-refractivity contribution is 9.10. The van der Waals surface area contributed by atoms with Crippen LogP contribution in [-0.4, -0.2) is 27.5 Å². The average molecular weight is 423 g/mol. The van der Waals surface area contributed by atoms with E-state index in [2.05, 4.69) is 37.6 Å². The van der Waals surface area contributed by atoms with E-state index in [9.17, 15) is 4.79 Å². The first-order valence-corrected chi connectivity index (χ1v) is 9.02. The number of hydrogen-bond acceptors (Lipinski definition) is 4. The number of aromatic nitrogens is 3. The molecule has 134 valence electrons. The lowest BCUT2D eigenvalue weighted by Crippen LogP contribution is -2.17. The van der Waals surface area contributed by atoms with Crippen LogP contribution in [-0.2, 0) is 0 Å². The highest BCUT2D eigenvalue weighted by Gasteiger charge is 2.10. The van der Waals surface area contributed by atoms with E-state index in [-0.39, 0.29) is 5.56 Å². The second-order valence-electron chi connectivity index (χ2n) is 5.85. The van der Waals surface area contributed by atoms with Crippen molar-refractivity contribution in [3.63, 3.8) is 0 Å². The van der Waals surface area contributed by atoms with Crippen molar-refractivity contribution in [2.45, 2.75) is 0 Å². The Hall–Kier alpha value is -3.19. The summed E-state index contributed by atoms with van der Waals surface area (Å²) in [6, 6.07) is 13.2. The maximum atomic E-state index is 12.7. The molecule has 0 amide bonds. The van der Waals surface area contributed by atoms with Crippen LogP contribution in [0.25, 0.3) is 21.9 Å². The number of nitrogens with one attached hydrogen (secondary N) is 1. The maximum absolute atomic E-state index is 12.7. The third-order valence-electron chi connectivity index (χ3n) is 4.03. The number of benzene rings is 2. The van der Waals surface area contributed by atoms with Crippen molar-refractivity contribution < 1.29 is 4.74 Å². The summed E-state index contributed by atoms with van der Waals surface area (Å²) in [7, 11) is 0. The number of rotatable bonds is 5. The first-order valence-electron chi connectivity index (χ1n) is 8.22. The van der Waals surface area contributed by atoms with Crippen LogP contribution < -0.4 is 10.3 Å². The van der Waals surface area contributed by atoms with E-state index < -0.39 is 0 Å². The van der Waals surface area contributed by atoms with E-state index >= 15 is 0 Å². The smallest absolute Gasteiger partial charge is 0.298 e. The van der Waals surface area contributed by atoms with Gasteiger partial charge in [0.25, 0.3) is 5.56 Å². The molecule has 2 aromatic carbocycles. The first-order chi connectivity index (χ1) is 13.2. The molecule has 0 aliphatic heterocycles. The lowest BCUT2D eigenvalue weighted by molar-refractivity contribution is 0.363. The molecule has 0 aliphatic rings.